The number of nitrogens with zero attached hydrogens (tertiary/aromatic N) is 2. The summed E-state index contributed by atoms with van der Waals surface area (Å²) in [5, 5.41) is 10.9. The van der Waals surface area contributed by atoms with Crippen molar-refractivity contribution in [3.05, 3.63) is 64.2 Å². The molecule has 1 aliphatic rings. The summed E-state index contributed by atoms with van der Waals surface area (Å²) >= 11 is 0. The summed E-state index contributed by atoms with van der Waals surface area (Å²) in [6.45, 7) is -1.33. The standard InChI is InChI=1S/C19H20F2N2O4/c20-19(21)27-18-12-15(23(24)25)6-7-17(18)22-10-8-16(9-11-22)26-13-14-4-2-1-3-5-14/h1-7,12,16,19H,8-11,13H2. The molecule has 27 heavy (non-hydrogen) atoms. The molecule has 1 aliphatic heterocycles. The molecule has 144 valence electrons. The van der Waals surface area contributed by atoms with Gasteiger partial charge in [0.05, 0.1) is 29.4 Å². The van der Waals surface area contributed by atoms with Crippen molar-refractivity contribution >= 4 is 11.4 Å². The quantitative estimate of drug-likeness (QED) is 0.528. The Morgan fingerprint density at radius 3 is 2.48 bits per heavy atom. The molecule has 0 atom stereocenters. The lowest BCUT2D eigenvalue weighted by Crippen LogP contribution is -2.37. The van der Waals surface area contributed by atoms with E-state index in [4.69, 9.17) is 4.74 Å². The first-order valence-corrected chi connectivity index (χ1v) is 8.66. The van der Waals surface area contributed by atoms with Crippen molar-refractivity contribution in [2.45, 2.75) is 32.2 Å². The number of rotatable bonds is 7. The Balaban J connectivity index is 1.62. The van der Waals surface area contributed by atoms with E-state index in [0.29, 0.717) is 25.4 Å². The number of halogens is 2. The minimum absolute atomic E-state index is 0.0824. The summed E-state index contributed by atoms with van der Waals surface area (Å²) in [5.41, 5.74) is 1.25. The summed E-state index contributed by atoms with van der Waals surface area (Å²) in [5.74, 6) is -0.178. The number of alkyl halides is 2. The second-order valence-corrected chi connectivity index (χ2v) is 6.27. The number of nitro benzene ring substituents is 1. The van der Waals surface area contributed by atoms with Crippen LogP contribution in [0.3, 0.4) is 0 Å². The monoisotopic (exact) mass is 378 g/mol. The number of piperidine rings is 1. The van der Waals surface area contributed by atoms with Gasteiger partial charge in [0.2, 0.25) is 0 Å². The molecule has 0 bridgehead atoms. The predicted octanol–water partition coefficient (Wildman–Crippen LogP) is 4.38. The van der Waals surface area contributed by atoms with Gasteiger partial charge < -0.3 is 14.4 Å². The molecule has 2 aromatic rings. The Morgan fingerprint density at radius 1 is 1.15 bits per heavy atom. The van der Waals surface area contributed by atoms with Gasteiger partial charge in [0, 0.05) is 19.2 Å². The normalized spacial score (nSPS) is 15.1. The highest BCUT2D eigenvalue weighted by Crippen LogP contribution is 2.35. The van der Waals surface area contributed by atoms with Gasteiger partial charge in [-0.05, 0) is 24.5 Å². The number of hydrogen-bond donors (Lipinski definition) is 0. The average molecular weight is 378 g/mol. The van der Waals surface area contributed by atoms with Gasteiger partial charge in [-0.2, -0.15) is 8.78 Å². The van der Waals surface area contributed by atoms with Gasteiger partial charge in [-0.1, -0.05) is 30.3 Å². The smallest absolute Gasteiger partial charge is 0.387 e. The van der Waals surface area contributed by atoms with Gasteiger partial charge in [-0.3, -0.25) is 10.1 Å². The third-order valence-electron chi connectivity index (χ3n) is 4.48. The summed E-state index contributed by atoms with van der Waals surface area (Å²) in [7, 11) is 0. The number of hydrogen-bond acceptors (Lipinski definition) is 5. The fraction of sp³-hybridized carbons (Fsp3) is 0.368. The van der Waals surface area contributed by atoms with E-state index in [0.717, 1.165) is 24.5 Å². The van der Waals surface area contributed by atoms with Crippen LogP contribution in [-0.4, -0.2) is 30.7 Å². The molecule has 0 amide bonds. The number of nitro groups is 1. The number of benzene rings is 2. The number of anilines is 1. The van der Waals surface area contributed by atoms with Gasteiger partial charge in [0.1, 0.15) is 0 Å². The highest BCUT2D eigenvalue weighted by molar-refractivity contribution is 5.62. The predicted molar refractivity (Wildman–Crippen MR) is 96.2 cm³/mol. The van der Waals surface area contributed by atoms with Crippen molar-refractivity contribution < 1.29 is 23.2 Å². The van der Waals surface area contributed by atoms with Crippen LogP contribution in [0.15, 0.2) is 48.5 Å². The number of ether oxygens (including phenoxy) is 2. The lowest BCUT2D eigenvalue weighted by Gasteiger charge is -2.34. The minimum atomic E-state index is -3.04. The Bertz CT molecular complexity index is 766. The van der Waals surface area contributed by atoms with Crippen molar-refractivity contribution in [1.29, 1.82) is 0 Å². The van der Waals surface area contributed by atoms with Crippen LogP contribution in [-0.2, 0) is 11.3 Å². The van der Waals surface area contributed by atoms with Gasteiger partial charge in [-0.15, -0.1) is 0 Å². The number of non-ortho nitro benzene ring substituents is 1. The molecule has 0 saturated carbocycles. The maximum atomic E-state index is 12.7. The first-order valence-electron chi connectivity index (χ1n) is 8.66. The Hall–Kier alpha value is -2.74. The average Bonchev–Trinajstić information content (AvgIpc) is 2.67. The summed E-state index contributed by atoms with van der Waals surface area (Å²) in [6.07, 6.45) is 1.55. The molecule has 2 aromatic carbocycles. The third kappa shape index (κ3) is 5.13. The zero-order chi connectivity index (χ0) is 19.2. The van der Waals surface area contributed by atoms with E-state index >= 15 is 0 Å². The van der Waals surface area contributed by atoms with Gasteiger partial charge in [-0.25, -0.2) is 0 Å². The SMILES string of the molecule is O=[N+]([O-])c1ccc(N2CCC(OCc3ccccc3)CC2)c(OC(F)F)c1. The van der Waals surface area contributed by atoms with E-state index in [9.17, 15) is 18.9 Å². The maximum Gasteiger partial charge on any atom is 0.387 e. The lowest BCUT2D eigenvalue weighted by atomic mass is 10.1. The molecule has 0 unspecified atom stereocenters. The molecule has 8 heteroatoms. The van der Waals surface area contributed by atoms with Gasteiger partial charge >= 0.3 is 6.61 Å². The summed E-state index contributed by atoms with van der Waals surface area (Å²) in [6, 6.07) is 13.7. The summed E-state index contributed by atoms with van der Waals surface area (Å²) in [4.78, 5) is 12.2. The first-order chi connectivity index (χ1) is 13.0. The van der Waals surface area contributed by atoms with Crippen molar-refractivity contribution in [2.24, 2.45) is 0 Å². The van der Waals surface area contributed by atoms with Crippen LogP contribution in [0.2, 0.25) is 0 Å². The molecule has 0 aliphatic carbocycles. The van der Waals surface area contributed by atoms with Crippen LogP contribution in [0, 0.1) is 10.1 Å². The first kappa shape index (κ1) is 19.0. The second-order valence-electron chi connectivity index (χ2n) is 6.27. The van der Waals surface area contributed by atoms with Crippen molar-refractivity contribution in [2.75, 3.05) is 18.0 Å². The van der Waals surface area contributed by atoms with E-state index in [-0.39, 0.29) is 17.5 Å². The van der Waals surface area contributed by atoms with E-state index < -0.39 is 11.5 Å². The maximum absolute atomic E-state index is 12.7. The van der Waals surface area contributed by atoms with Crippen molar-refractivity contribution in [3.63, 3.8) is 0 Å². The molecule has 0 aromatic heterocycles. The molecular formula is C19H20F2N2O4. The zero-order valence-corrected chi connectivity index (χ0v) is 14.6. The molecule has 1 saturated heterocycles. The molecule has 1 heterocycles. The van der Waals surface area contributed by atoms with Crippen LogP contribution in [0.4, 0.5) is 20.2 Å². The lowest BCUT2D eigenvalue weighted by molar-refractivity contribution is -0.385. The van der Waals surface area contributed by atoms with E-state index in [2.05, 4.69) is 4.74 Å². The molecule has 3 rings (SSSR count). The zero-order valence-electron chi connectivity index (χ0n) is 14.6. The van der Waals surface area contributed by atoms with Crippen LogP contribution >= 0.6 is 0 Å². The van der Waals surface area contributed by atoms with Crippen molar-refractivity contribution in [1.82, 2.24) is 0 Å². The van der Waals surface area contributed by atoms with Gasteiger partial charge in [0.15, 0.2) is 5.75 Å². The highest BCUT2D eigenvalue weighted by atomic mass is 19.3. The highest BCUT2D eigenvalue weighted by Gasteiger charge is 2.24. The Kier molecular flexibility index (Phi) is 6.18. The molecule has 1 fully saturated rings. The van der Waals surface area contributed by atoms with Crippen LogP contribution < -0.4 is 9.64 Å². The molecule has 0 N–H and O–H groups in total. The second kappa shape index (κ2) is 8.77. The van der Waals surface area contributed by atoms with Crippen LogP contribution in [0.25, 0.3) is 0 Å². The molecular weight excluding hydrogens is 358 g/mol. The van der Waals surface area contributed by atoms with E-state index in [1.54, 1.807) is 0 Å². The Morgan fingerprint density at radius 2 is 1.85 bits per heavy atom. The Labute approximate surface area is 155 Å². The van der Waals surface area contributed by atoms with Gasteiger partial charge in [0.25, 0.3) is 5.69 Å². The summed E-state index contributed by atoms with van der Waals surface area (Å²) < 4.78 is 35.8. The van der Waals surface area contributed by atoms with E-state index in [1.165, 1.54) is 12.1 Å². The largest absolute Gasteiger partial charge is 0.432 e. The van der Waals surface area contributed by atoms with Crippen LogP contribution in [0.1, 0.15) is 18.4 Å². The molecule has 0 spiro atoms. The van der Waals surface area contributed by atoms with Crippen molar-refractivity contribution in [3.8, 4) is 5.75 Å². The molecule has 6 nitrogen and oxygen atoms in total. The third-order valence-corrected chi connectivity index (χ3v) is 4.48. The minimum Gasteiger partial charge on any atom is -0.432 e. The fourth-order valence-electron chi connectivity index (χ4n) is 3.12. The van der Waals surface area contributed by atoms with Crippen LogP contribution in [0.5, 0.6) is 5.75 Å². The molecule has 0 radical (unpaired) electrons. The van der Waals surface area contributed by atoms with E-state index in [1.807, 2.05) is 35.2 Å². The topological polar surface area (TPSA) is 64.8 Å². The fourth-order valence-corrected chi connectivity index (χ4v) is 3.12.